The fraction of sp³-hybridized carbons (Fsp3) is 0.562. The topological polar surface area (TPSA) is 76.0 Å². The average Bonchev–Trinajstić information content (AvgIpc) is 2.45. The fourth-order valence-electron chi connectivity index (χ4n) is 2.02. The van der Waals surface area contributed by atoms with Crippen molar-refractivity contribution in [3.05, 3.63) is 29.8 Å². The molecule has 21 heavy (non-hydrogen) atoms. The van der Waals surface area contributed by atoms with Gasteiger partial charge >= 0.3 is 5.97 Å². The molecule has 0 aliphatic heterocycles. The number of carbonyl (C=O) groups is 1. The van der Waals surface area contributed by atoms with Crippen LogP contribution in [0.15, 0.2) is 24.3 Å². The van der Waals surface area contributed by atoms with Gasteiger partial charge in [0.2, 0.25) is 0 Å². The molecule has 5 heteroatoms. The predicted octanol–water partition coefficient (Wildman–Crippen LogP) is 2.11. The third-order valence-corrected chi connectivity index (χ3v) is 3.17. The van der Waals surface area contributed by atoms with Crippen molar-refractivity contribution in [1.82, 2.24) is 0 Å². The van der Waals surface area contributed by atoms with Crippen molar-refractivity contribution in [2.75, 3.05) is 13.7 Å². The van der Waals surface area contributed by atoms with Crippen LogP contribution in [0.3, 0.4) is 0 Å². The number of methoxy groups -OCH3 is 1. The van der Waals surface area contributed by atoms with E-state index in [1.165, 1.54) is 0 Å². The van der Waals surface area contributed by atoms with Crippen molar-refractivity contribution in [3.8, 4) is 5.75 Å². The number of rotatable bonds is 9. The van der Waals surface area contributed by atoms with Gasteiger partial charge in [0.1, 0.15) is 5.75 Å². The molecule has 0 amide bonds. The second-order valence-corrected chi connectivity index (χ2v) is 5.36. The third-order valence-electron chi connectivity index (χ3n) is 3.17. The van der Waals surface area contributed by atoms with Gasteiger partial charge in [0.25, 0.3) is 0 Å². The van der Waals surface area contributed by atoms with Crippen LogP contribution >= 0.6 is 0 Å². The van der Waals surface area contributed by atoms with Crippen LogP contribution in [0.5, 0.6) is 5.75 Å². The molecule has 0 aliphatic carbocycles. The van der Waals surface area contributed by atoms with Crippen LogP contribution in [0.4, 0.5) is 0 Å². The van der Waals surface area contributed by atoms with Crippen molar-refractivity contribution in [2.45, 2.75) is 38.9 Å². The van der Waals surface area contributed by atoms with Crippen LogP contribution in [-0.2, 0) is 16.0 Å². The van der Waals surface area contributed by atoms with Crippen LogP contribution in [0.1, 0.15) is 25.8 Å². The van der Waals surface area contributed by atoms with Gasteiger partial charge < -0.3 is 19.7 Å². The number of ether oxygens (including phenoxy) is 2. The molecule has 0 spiro atoms. The lowest BCUT2D eigenvalue weighted by molar-refractivity contribution is -0.143. The molecule has 118 valence electrons. The number of hydrogen-bond acceptors (Lipinski definition) is 4. The van der Waals surface area contributed by atoms with Crippen LogP contribution in [0.2, 0.25) is 0 Å². The van der Waals surface area contributed by atoms with E-state index >= 15 is 0 Å². The van der Waals surface area contributed by atoms with E-state index in [0.29, 0.717) is 6.42 Å². The van der Waals surface area contributed by atoms with E-state index in [1.54, 1.807) is 19.2 Å². The minimum Gasteiger partial charge on any atom is -0.497 e. The maximum atomic E-state index is 11.3. The minimum absolute atomic E-state index is 0.0181. The summed E-state index contributed by atoms with van der Waals surface area (Å²) in [6.45, 7) is 3.90. The molecule has 0 aliphatic rings. The predicted molar refractivity (Wildman–Crippen MR) is 79.5 cm³/mol. The first-order chi connectivity index (χ1) is 9.92. The molecule has 2 atom stereocenters. The monoisotopic (exact) mass is 296 g/mol. The van der Waals surface area contributed by atoms with Gasteiger partial charge in [-0.1, -0.05) is 12.1 Å². The van der Waals surface area contributed by atoms with E-state index in [4.69, 9.17) is 9.47 Å². The zero-order valence-corrected chi connectivity index (χ0v) is 12.8. The van der Waals surface area contributed by atoms with Crippen molar-refractivity contribution in [3.63, 3.8) is 0 Å². The molecule has 1 aromatic carbocycles. The lowest BCUT2D eigenvalue weighted by Gasteiger charge is -2.18. The maximum Gasteiger partial charge on any atom is 0.306 e. The summed E-state index contributed by atoms with van der Waals surface area (Å²) in [5.74, 6) is -0.811. The highest BCUT2D eigenvalue weighted by Gasteiger charge is 2.22. The van der Waals surface area contributed by atoms with E-state index in [1.807, 2.05) is 26.0 Å². The molecule has 0 heterocycles. The molecule has 0 fully saturated rings. The van der Waals surface area contributed by atoms with Crippen molar-refractivity contribution < 1.29 is 24.5 Å². The Kier molecular flexibility index (Phi) is 7.19. The summed E-state index contributed by atoms with van der Waals surface area (Å²) in [4.78, 5) is 11.3. The molecule has 5 nitrogen and oxygen atoms in total. The SMILES string of the molecule is COc1ccc(CC(CC(O)COC(C)C)C(=O)O)cc1. The highest BCUT2D eigenvalue weighted by Crippen LogP contribution is 2.18. The largest absolute Gasteiger partial charge is 0.497 e. The first-order valence-corrected chi connectivity index (χ1v) is 7.07. The van der Waals surface area contributed by atoms with Gasteiger partial charge in [-0.2, -0.15) is 0 Å². The lowest BCUT2D eigenvalue weighted by Crippen LogP contribution is -2.26. The molecular weight excluding hydrogens is 272 g/mol. The maximum absolute atomic E-state index is 11.3. The normalized spacial score (nSPS) is 14.0. The molecule has 0 saturated carbocycles. The number of carboxylic acids is 1. The number of hydrogen-bond donors (Lipinski definition) is 2. The summed E-state index contributed by atoms with van der Waals surface area (Å²) in [6, 6.07) is 7.27. The van der Waals surface area contributed by atoms with Gasteiger partial charge in [0, 0.05) is 0 Å². The van der Waals surface area contributed by atoms with Gasteiger partial charge in [-0.3, -0.25) is 4.79 Å². The Morgan fingerprint density at radius 1 is 1.24 bits per heavy atom. The Morgan fingerprint density at radius 2 is 1.86 bits per heavy atom. The Labute approximate surface area is 125 Å². The molecule has 1 aromatic rings. The highest BCUT2D eigenvalue weighted by molar-refractivity contribution is 5.70. The summed E-state index contributed by atoms with van der Waals surface area (Å²) >= 11 is 0. The minimum atomic E-state index is -0.908. The Balaban J connectivity index is 2.58. The Hall–Kier alpha value is -1.59. The van der Waals surface area contributed by atoms with Crippen LogP contribution in [0, 0.1) is 5.92 Å². The summed E-state index contributed by atoms with van der Waals surface area (Å²) < 4.78 is 10.4. The molecule has 0 radical (unpaired) electrons. The second-order valence-electron chi connectivity index (χ2n) is 5.36. The van der Waals surface area contributed by atoms with E-state index in [-0.39, 0.29) is 19.1 Å². The van der Waals surface area contributed by atoms with Crippen molar-refractivity contribution in [1.29, 1.82) is 0 Å². The van der Waals surface area contributed by atoms with Gasteiger partial charge in [0.15, 0.2) is 0 Å². The highest BCUT2D eigenvalue weighted by atomic mass is 16.5. The van der Waals surface area contributed by atoms with Gasteiger partial charge in [-0.15, -0.1) is 0 Å². The zero-order valence-electron chi connectivity index (χ0n) is 12.8. The molecule has 2 N–H and O–H groups in total. The van der Waals surface area contributed by atoms with E-state index in [0.717, 1.165) is 11.3 Å². The number of benzene rings is 1. The molecular formula is C16H24O5. The van der Waals surface area contributed by atoms with Gasteiger partial charge in [-0.25, -0.2) is 0 Å². The number of aliphatic carboxylic acids is 1. The second kappa shape index (κ2) is 8.64. The first kappa shape index (κ1) is 17.5. The Bertz CT molecular complexity index is 427. The van der Waals surface area contributed by atoms with Crippen LogP contribution in [0.25, 0.3) is 0 Å². The fourth-order valence-corrected chi connectivity index (χ4v) is 2.02. The number of aliphatic hydroxyl groups excluding tert-OH is 1. The number of aliphatic hydroxyl groups is 1. The smallest absolute Gasteiger partial charge is 0.306 e. The average molecular weight is 296 g/mol. The van der Waals surface area contributed by atoms with Crippen LogP contribution < -0.4 is 4.74 Å². The summed E-state index contributed by atoms with van der Waals surface area (Å²) in [6.07, 6.45) is -0.206. The van der Waals surface area contributed by atoms with Crippen molar-refractivity contribution >= 4 is 5.97 Å². The van der Waals surface area contributed by atoms with Gasteiger partial charge in [-0.05, 0) is 44.4 Å². The zero-order chi connectivity index (χ0) is 15.8. The lowest BCUT2D eigenvalue weighted by atomic mass is 9.94. The molecule has 1 rings (SSSR count). The summed E-state index contributed by atoms with van der Waals surface area (Å²) in [5, 5.41) is 19.2. The van der Waals surface area contributed by atoms with E-state index in [9.17, 15) is 15.0 Å². The third kappa shape index (κ3) is 6.60. The van der Waals surface area contributed by atoms with Crippen molar-refractivity contribution in [2.24, 2.45) is 5.92 Å². The Morgan fingerprint density at radius 3 is 2.33 bits per heavy atom. The summed E-state index contributed by atoms with van der Waals surface area (Å²) in [5.41, 5.74) is 0.903. The first-order valence-electron chi connectivity index (χ1n) is 7.07. The van der Waals surface area contributed by atoms with Crippen LogP contribution in [-0.4, -0.2) is 42.1 Å². The van der Waals surface area contributed by atoms with Gasteiger partial charge in [0.05, 0.1) is 31.8 Å². The molecule has 0 bridgehead atoms. The quantitative estimate of drug-likeness (QED) is 0.730. The molecule has 2 unspecified atom stereocenters. The standard InChI is InChI=1S/C16H24O5/c1-11(2)21-10-14(17)9-13(16(18)19)8-12-4-6-15(20-3)7-5-12/h4-7,11,13-14,17H,8-10H2,1-3H3,(H,18,19). The van der Waals surface area contributed by atoms with E-state index < -0.39 is 18.0 Å². The molecule has 0 aromatic heterocycles. The summed E-state index contributed by atoms with van der Waals surface area (Å²) in [7, 11) is 1.58. The number of carboxylic acid groups (broad SMARTS) is 1. The van der Waals surface area contributed by atoms with E-state index in [2.05, 4.69) is 0 Å². The molecule has 0 saturated heterocycles.